The first-order valence-corrected chi connectivity index (χ1v) is 10.5. The number of aliphatic imine (C=N–C) groups is 1. The zero-order valence-electron chi connectivity index (χ0n) is 18.4. The first-order chi connectivity index (χ1) is 13.5. The lowest BCUT2D eigenvalue weighted by molar-refractivity contribution is 0.0168. The van der Waals surface area contributed by atoms with Crippen LogP contribution in [0, 0.1) is 0 Å². The van der Waals surface area contributed by atoms with Crippen LogP contribution in [0.15, 0.2) is 35.3 Å². The van der Waals surface area contributed by atoms with Gasteiger partial charge in [0.1, 0.15) is 0 Å². The largest absolute Gasteiger partial charge is 0.379 e. The summed E-state index contributed by atoms with van der Waals surface area (Å²) in [6.07, 6.45) is 3.53. The lowest BCUT2D eigenvalue weighted by Gasteiger charge is -2.31. The quantitative estimate of drug-likeness (QED) is 0.181. The highest BCUT2D eigenvalue weighted by Gasteiger charge is 2.21. The molecule has 1 aliphatic heterocycles. The predicted molar refractivity (Wildman–Crippen MR) is 131 cm³/mol. The Morgan fingerprint density at radius 2 is 2.03 bits per heavy atom. The van der Waals surface area contributed by atoms with Crippen molar-refractivity contribution >= 4 is 29.9 Å². The van der Waals surface area contributed by atoms with Crippen LogP contribution >= 0.6 is 24.0 Å². The molecule has 2 unspecified atom stereocenters. The van der Waals surface area contributed by atoms with Gasteiger partial charge >= 0.3 is 0 Å². The van der Waals surface area contributed by atoms with Gasteiger partial charge in [-0.1, -0.05) is 30.3 Å². The van der Waals surface area contributed by atoms with Crippen molar-refractivity contribution in [3.8, 4) is 0 Å². The average Bonchev–Trinajstić information content (AvgIpc) is 3.20. The van der Waals surface area contributed by atoms with Gasteiger partial charge < -0.3 is 25.4 Å². The van der Waals surface area contributed by atoms with Gasteiger partial charge in [-0.15, -0.1) is 24.0 Å². The molecule has 1 aliphatic rings. The molecule has 0 radical (unpaired) electrons. The molecule has 3 N–H and O–H groups in total. The van der Waals surface area contributed by atoms with Gasteiger partial charge in [0.2, 0.25) is 0 Å². The second kappa shape index (κ2) is 14.2. The maximum atomic E-state index is 5.70. The number of ether oxygens (including phenoxy) is 2. The Labute approximate surface area is 193 Å². The summed E-state index contributed by atoms with van der Waals surface area (Å²) in [5.41, 5.74) is 1.22. The van der Waals surface area contributed by atoms with Crippen LogP contribution in [0.1, 0.15) is 51.6 Å². The van der Waals surface area contributed by atoms with Gasteiger partial charge in [-0.2, -0.15) is 0 Å². The Balaban J connectivity index is 0.00000420. The number of rotatable bonds is 11. The van der Waals surface area contributed by atoms with Crippen LogP contribution < -0.4 is 16.0 Å². The molecule has 2 rings (SSSR count). The minimum absolute atomic E-state index is 0. The summed E-state index contributed by atoms with van der Waals surface area (Å²) in [5, 5.41) is 10.5. The van der Waals surface area contributed by atoms with Crippen LogP contribution in [0.25, 0.3) is 0 Å². The maximum absolute atomic E-state index is 5.70. The molecule has 0 aromatic heterocycles. The number of hydrogen-bond acceptors (Lipinski definition) is 4. The standard InChI is InChI=1S/C22H38N4O2.HI/c1-18(19-10-6-5-7-11-19)26-22(2,3)17-25-21(23-4)24-13-9-14-27-16-20-12-8-15-28-20;/h5-7,10-11,18,20,26H,8-9,12-17H2,1-4H3,(H2,23,24,25);1H. The third kappa shape index (κ3) is 10.6. The van der Waals surface area contributed by atoms with E-state index in [-0.39, 0.29) is 35.6 Å². The Bertz CT molecular complexity index is 577. The van der Waals surface area contributed by atoms with E-state index in [0.29, 0.717) is 12.7 Å². The third-order valence-corrected chi connectivity index (χ3v) is 4.91. The fourth-order valence-electron chi connectivity index (χ4n) is 3.36. The van der Waals surface area contributed by atoms with Crippen LogP contribution in [0.5, 0.6) is 0 Å². The van der Waals surface area contributed by atoms with E-state index < -0.39 is 0 Å². The van der Waals surface area contributed by atoms with E-state index in [4.69, 9.17) is 9.47 Å². The van der Waals surface area contributed by atoms with Crippen molar-refractivity contribution in [2.45, 2.75) is 57.7 Å². The van der Waals surface area contributed by atoms with E-state index in [1.165, 1.54) is 5.56 Å². The molecule has 29 heavy (non-hydrogen) atoms. The zero-order chi connectivity index (χ0) is 20.2. The lowest BCUT2D eigenvalue weighted by atomic mass is 10.0. The Morgan fingerprint density at radius 1 is 1.28 bits per heavy atom. The second-order valence-corrected chi connectivity index (χ2v) is 8.08. The topological polar surface area (TPSA) is 66.9 Å². The van der Waals surface area contributed by atoms with Gasteiger partial charge in [-0.05, 0) is 45.6 Å². The number of guanidine groups is 1. The van der Waals surface area contributed by atoms with Crippen molar-refractivity contribution in [1.29, 1.82) is 0 Å². The summed E-state index contributed by atoms with van der Waals surface area (Å²) >= 11 is 0. The number of halogens is 1. The summed E-state index contributed by atoms with van der Waals surface area (Å²) in [4.78, 5) is 4.32. The number of benzene rings is 1. The minimum atomic E-state index is -0.0722. The molecule has 0 bridgehead atoms. The van der Waals surface area contributed by atoms with Crippen molar-refractivity contribution in [2.75, 3.05) is 40.0 Å². The highest BCUT2D eigenvalue weighted by molar-refractivity contribution is 14.0. The molecule has 6 nitrogen and oxygen atoms in total. The zero-order valence-corrected chi connectivity index (χ0v) is 20.7. The SMILES string of the molecule is CN=C(NCCCOCC1CCCO1)NCC(C)(C)NC(C)c1ccccc1.I. The van der Waals surface area contributed by atoms with Crippen LogP contribution in [0.3, 0.4) is 0 Å². The first-order valence-electron chi connectivity index (χ1n) is 10.5. The van der Waals surface area contributed by atoms with Crippen molar-refractivity contribution in [3.63, 3.8) is 0 Å². The Morgan fingerprint density at radius 3 is 2.69 bits per heavy atom. The van der Waals surface area contributed by atoms with E-state index in [2.05, 4.69) is 66.0 Å². The summed E-state index contributed by atoms with van der Waals surface area (Å²) < 4.78 is 11.3. The summed E-state index contributed by atoms with van der Waals surface area (Å²) in [7, 11) is 1.80. The number of nitrogens with zero attached hydrogens (tertiary/aromatic N) is 1. The molecule has 1 aromatic rings. The van der Waals surface area contributed by atoms with E-state index in [9.17, 15) is 0 Å². The molecular formula is C22H39IN4O2. The van der Waals surface area contributed by atoms with Crippen molar-refractivity contribution in [3.05, 3.63) is 35.9 Å². The predicted octanol–water partition coefficient (Wildman–Crippen LogP) is 3.48. The molecule has 7 heteroatoms. The molecular weight excluding hydrogens is 479 g/mol. The molecule has 0 saturated carbocycles. The fourth-order valence-corrected chi connectivity index (χ4v) is 3.36. The van der Waals surface area contributed by atoms with Crippen LogP contribution in [0.4, 0.5) is 0 Å². The van der Waals surface area contributed by atoms with Gasteiger partial charge in [-0.25, -0.2) is 0 Å². The second-order valence-electron chi connectivity index (χ2n) is 8.08. The van der Waals surface area contributed by atoms with Gasteiger partial charge in [0.05, 0.1) is 12.7 Å². The smallest absolute Gasteiger partial charge is 0.191 e. The minimum Gasteiger partial charge on any atom is -0.379 e. The van der Waals surface area contributed by atoms with Gasteiger partial charge in [0, 0.05) is 44.9 Å². The van der Waals surface area contributed by atoms with Crippen LogP contribution in [0.2, 0.25) is 0 Å². The Hall–Kier alpha value is -0.900. The van der Waals surface area contributed by atoms with Gasteiger partial charge in [0.25, 0.3) is 0 Å². The average molecular weight is 518 g/mol. The van der Waals surface area contributed by atoms with Crippen molar-refractivity contribution < 1.29 is 9.47 Å². The molecule has 2 atom stereocenters. The van der Waals surface area contributed by atoms with Crippen molar-refractivity contribution in [2.24, 2.45) is 4.99 Å². The van der Waals surface area contributed by atoms with E-state index in [1.807, 2.05) is 6.07 Å². The van der Waals surface area contributed by atoms with Crippen molar-refractivity contribution in [1.82, 2.24) is 16.0 Å². The van der Waals surface area contributed by atoms with E-state index >= 15 is 0 Å². The Kier molecular flexibility index (Phi) is 12.8. The first kappa shape index (κ1) is 26.1. The molecule has 1 heterocycles. The summed E-state index contributed by atoms with van der Waals surface area (Å²) in [5.74, 6) is 0.821. The highest BCUT2D eigenvalue weighted by Crippen LogP contribution is 2.15. The monoisotopic (exact) mass is 518 g/mol. The molecule has 1 saturated heterocycles. The van der Waals surface area contributed by atoms with Crippen LogP contribution in [-0.2, 0) is 9.47 Å². The fraction of sp³-hybridized carbons (Fsp3) is 0.682. The van der Waals surface area contributed by atoms with E-state index in [1.54, 1.807) is 7.05 Å². The number of nitrogens with one attached hydrogen (secondary N) is 3. The van der Waals surface area contributed by atoms with Gasteiger partial charge in [0.15, 0.2) is 5.96 Å². The normalized spacial score (nSPS) is 18.2. The molecule has 166 valence electrons. The maximum Gasteiger partial charge on any atom is 0.191 e. The lowest BCUT2D eigenvalue weighted by Crippen LogP contribution is -2.52. The molecule has 0 amide bonds. The van der Waals surface area contributed by atoms with Gasteiger partial charge in [-0.3, -0.25) is 4.99 Å². The molecule has 0 aliphatic carbocycles. The third-order valence-electron chi connectivity index (χ3n) is 4.91. The summed E-state index contributed by atoms with van der Waals surface area (Å²) in [6, 6.07) is 10.8. The van der Waals surface area contributed by atoms with E-state index in [0.717, 1.165) is 51.5 Å². The molecule has 0 spiro atoms. The van der Waals surface area contributed by atoms with Crippen LogP contribution in [-0.4, -0.2) is 57.6 Å². The summed E-state index contributed by atoms with van der Waals surface area (Å²) in [6.45, 7) is 10.5. The highest BCUT2D eigenvalue weighted by atomic mass is 127. The molecule has 1 fully saturated rings. The number of hydrogen-bond donors (Lipinski definition) is 3. The molecule has 1 aromatic carbocycles.